The zero-order valence-electron chi connectivity index (χ0n) is 10.6. The van der Waals surface area contributed by atoms with Crippen LogP contribution in [0.3, 0.4) is 0 Å². The van der Waals surface area contributed by atoms with E-state index in [1.807, 2.05) is 0 Å². The van der Waals surface area contributed by atoms with Gasteiger partial charge < -0.3 is 0 Å². The molecule has 0 atom stereocenters. The van der Waals surface area contributed by atoms with E-state index in [9.17, 15) is 0 Å². The largest absolute Gasteiger partial charge is 0.121 e. The summed E-state index contributed by atoms with van der Waals surface area (Å²) in [6.07, 6.45) is 0. The van der Waals surface area contributed by atoms with Crippen molar-refractivity contribution in [2.24, 2.45) is 0 Å². The molecular weight excluding hydrogens is 244 g/mol. The molecule has 3 rings (SSSR count). The Bertz CT molecular complexity index is 645. The Morgan fingerprint density at radius 3 is 1.79 bits per heavy atom. The average Bonchev–Trinajstić information content (AvgIpc) is 2.49. The fraction of sp³-hybridized carbons (Fsp3) is 0. The first kappa shape index (κ1) is 11.9. The Hall–Kier alpha value is -2.12. The molecule has 2 radical (unpaired) electrons. The van der Waals surface area contributed by atoms with Crippen molar-refractivity contribution in [3.63, 3.8) is 0 Å². The third kappa shape index (κ3) is 3.01. The van der Waals surface area contributed by atoms with Crippen molar-refractivity contribution >= 4 is 19.9 Å². The highest BCUT2D eigenvalue weighted by Crippen LogP contribution is 2.16. The SMILES string of the molecule is c1ccc([Si]c2cccc(-c3ccccc3)c2)cc1. The molecule has 3 aromatic rings. The Morgan fingerprint density at radius 2 is 1.05 bits per heavy atom. The van der Waals surface area contributed by atoms with Crippen LogP contribution in [0.4, 0.5) is 0 Å². The van der Waals surface area contributed by atoms with E-state index < -0.39 is 0 Å². The quantitative estimate of drug-likeness (QED) is 0.634. The van der Waals surface area contributed by atoms with Gasteiger partial charge in [0.15, 0.2) is 0 Å². The third-order valence-corrected chi connectivity index (χ3v) is 4.25. The van der Waals surface area contributed by atoms with E-state index in [2.05, 4.69) is 84.9 Å². The van der Waals surface area contributed by atoms with Crippen LogP contribution < -0.4 is 10.4 Å². The van der Waals surface area contributed by atoms with Crippen LogP contribution in [0.1, 0.15) is 0 Å². The second kappa shape index (κ2) is 5.68. The summed E-state index contributed by atoms with van der Waals surface area (Å²) in [5, 5.41) is 2.76. The van der Waals surface area contributed by atoms with Crippen LogP contribution in [0.15, 0.2) is 84.9 Å². The van der Waals surface area contributed by atoms with E-state index in [1.54, 1.807) is 0 Å². The fourth-order valence-electron chi connectivity index (χ4n) is 2.10. The van der Waals surface area contributed by atoms with Crippen LogP contribution in [-0.2, 0) is 0 Å². The van der Waals surface area contributed by atoms with Crippen LogP contribution in [0, 0.1) is 0 Å². The minimum Gasteiger partial charge on any atom is -0.0631 e. The molecule has 19 heavy (non-hydrogen) atoms. The maximum Gasteiger partial charge on any atom is 0.121 e. The maximum atomic E-state index is 2.29. The molecule has 0 bridgehead atoms. The molecular formula is C18H14Si. The van der Waals surface area contributed by atoms with Crippen molar-refractivity contribution in [2.45, 2.75) is 0 Å². The molecule has 0 amide bonds. The number of rotatable bonds is 3. The molecule has 0 aliphatic carbocycles. The lowest BCUT2D eigenvalue weighted by atomic mass is 10.1. The van der Waals surface area contributed by atoms with E-state index in [-0.39, 0.29) is 0 Å². The standard InChI is InChI=1S/C18H14Si/c1-3-8-15(9-4-1)16-10-7-13-18(14-16)19-17-11-5-2-6-12-17/h1-14H. The van der Waals surface area contributed by atoms with E-state index in [1.165, 1.54) is 21.5 Å². The van der Waals surface area contributed by atoms with Gasteiger partial charge in [-0.3, -0.25) is 0 Å². The minimum absolute atomic E-state index is 0.718. The third-order valence-electron chi connectivity index (χ3n) is 3.03. The molecule has 3 aromatic carbocycles. The highest BCUT2D eigenvalue weighted by atomic mass is 28.2. The summed E-state index contributed by atoms with van der Waals surface area (Å²) in [6, 6.07) is 30.0. The highest BCUT2D eigenvalue weighted by Gasteiger charge is 2.01. The van der Waals surface area contributed by atoms with E-state index in [0.29, 0.717) is 0 Å². The van der Waals surface area contributed by atoms with Crippen molar-refractivity contribution in [3.05, 3.63) is 84.9 Å². The van der Waals surface area contributed by atoms with Crippen molar-refractivity contribution in [1.82, 2.24) is 0 Å². The van der Waals surface area contributed by atoms with E-state index >= 15 is 0 Å². The normalized spacial score (nSPS) is 10.3. The van der Waals surface area contributed by atoms with Gasteiger partial charge >= 0.3 is 0 Å². The molecule has 90 valence electrons. The first-order chi connectivity index (χ1) is 9.42. The molecule has 0 saturated carbocycles. The van der Waals surface area contributed by atoms with Gasteiger partial charge in [0.2, 0.25) is 0 Å². The fourth-order valence-corrected chi connectivity index (χ4v) is 3.19. The first-order valence-electron chi connectivity index (χ1n) is 6.39. The van der Waals surface area contributed by atoms with Crippen LogP contribution >= 0.6 is 0 Å². The first-order valence-corrected chi connectivity index (χ1v) is 7.39. The summed E-state index contributed by atoms with van der Waals surface area (Å²) in [5.41, 5.74) is 2.57. The van der Waals surface area contributed by atoms with Gasteiger partial charge in [-0.2, -0.15) is 0 Å². The monoisotopic (exact) mass is 258 g/mol. The van der Waals surface area contributed by atoms with Gasteiger partial charge in [0, 0.05) is 0 Å². The summed E-state index contributed by atoms with van der Waals surface area (Å²) in [6.45, 7) is 0. The lowest BCUT2D eigenvalue weighted by Crippen LogP contribution is -2.26. The van der Waals surface area contributed by atoms with Gasteiger partial charge in [0.25, 0.3) is 0 Å². The van der Waals surface area contributed by atoms with Crippen LogP contribution in [0.5, 0.6) is 0 Å². The predicted octanol–water partition coefficient (Wildman–Crippen LogP) is 3.01. The Balaban J connectivity index is 1.89. The van der Waals surface area contributed by atoms with Gasteiger partial charge in [0.1, 0.15) is 9.52 Å². The average molecular weight is 258 g/mol. The summed E-state index contributed by atoms with van der Waals surface area (Å²) >= 11 is 0. The van der Waals surface area contributed by atoms with Crippen molar-refractivity contribution < 1.29 is 0 Å². The zero-order chi connectivity index (χ0) is 12.9. The molecule has 0 aliphatic rings. The van der Waals surface area contributed by atoms with Gasteiger partial charge in [0.05, 0.1) is 0 Å². The molecule has 0 aromatic heterocycles. The molecule has 0 fully saturated rings. The second-order valence-electron chi connectivity index (χ2n) is 4.44. The topological polar surface area (TPSA) is 0 Å². The summed E-state index contributed by atoms with van der Waals surface area (Å²) in [5.74, 6) is 0. The van der Waals surface area contributed by atoms with Crippen molar-refractivity contribution in [1.29, 1.82) is 0 Å². The Kier molecular flexibility index (Phi) is 3.57. The highest BCUT2D eigenvalue weighted by molar-refractivity contribution is 6.67. The summed E-state index contributed by atoms with van der Waals surface area (Å²) in [7, 11) is 0.718. The summed E-state index contributed by atoms with van der Waals surface area (Å²) < 4.78 is 0. The molecule has 0 saturated heterocycles. The van der Waals surface area contributed by atoms with Crippen molar-refractivity contribution in [3.8, 4) is 11.1 Å². The molecule has 0 N–H and O–H groups in total. The number of hydrogen-bond donors (Lipinski definition) is 0. The Labute approximate surface area is 116 Å². The number of hydrogen-bond acceptors (Lipinski definition) is 0. The van der Waals surface area contributed by atoms with E-state index in [4.69, 9.17) is 0 Å². The minimum atomic E-state index is 0.718. The van der Waals surface area contributed by atoms with Gasteiger partial charge in [-0.15, -0.1) is 0 Å². The molecule has 0 aliphatic heterocycles. The van der Waals surface area contributed by atoms with E-state index in [0.717, 1.165) is 9.52 Å². The zero-order valence-corrected chi connectivity index (χ0v) is 11.6. The van der Waals surface area contributed by atoms with Crippen LogP contribution in [0.25, 0.3) is 11.1 Å². The predicted molar refractivity (Wildman–Crippen MR) is 83.3 cm³/mol. The lowest BCUT2D eigenvalue weighted by molar-refractivity contribution is 1.64. The van der Waals surface area contributed by atoms with Crippen LogP contribution in [0.2, 0.25) is 0 Å². The van der Waals surface area contributed by atoms with Crippen LogP contribution in [-0.4, -0.2) is 9.52 Å². The lowest BCUT2D eigenvalue weighted by Gasteiger charge is -2.05. The van der Waals surface area contributed by atoms with Gasteiger partial charge in [-0.05, 0) is 11.1 Å². The molecule has 0 unspecified atom stereocenters. The smallest absolute Gasteiger partial charge is 0.0631 e. The van der Waals surface area contributed by atoms with Gasteiger partial charge in [-0.25, -0.2) is 0 Å². The maximum absolute atomic E-state index is 2.29. The molecule has 1 heteroatoms. The Morgan fingerprint density at radius 1 is 0.474 bits per heavy atom. The molecule has 0 spiro atoms. The van der Waals surface area contributed by atoms with Crippen molar-refractivity contribution in [2.75, 3.05) is 0 Å². The molecule has 0 nitrogen and oxygen atoms in total. The summed E-state index contributed by atoms with van der Waals surface area (Å²) in [4.78, 5) is 0. The second-order valence-corrected chi connectivity index (χ2v) is 5.84. The molecule has 0 heterocycles. The van der Waals surface area contributed by atoms with Gasteiger partial charge in [-0.1, -0.05) is 95.3 Å². The number of benzene rings is 3.